The summed E-state index contributed by atoms with van der Waals surface area (Å²) in [6.45, 7) is 3.78. The molecule has 8 nitrogen and oxygen atoms in total. The Labute approximate surface area is 172 Å². The van der Waals surface area contributed by atoms with E-state index in [2.05, 4.69) is 15.1 Å². The number of hydrogen-bond donors (Lipinski definition) is 1. The van der Waals surface area contributed by atoms with Gasteiger partial charge in [0.05, 0.1) is 45.5 Å². The highest BCUT2D eigenvalue weighted by Crippen LogP contribution is 2.30. The van der Waals surface area contributed by atoms with Crippen LogP contribution in [0.1, 0.15) is 11.4 Å². The Bertz CT molecular complexity index is 1520. The monoisotopic (exact) mass is 399 g/mol. The lowest BCUT2D eigenvalue weighted by molar-refractivity contribution is 0.756. The van der Waals surface area contributed by atoms with E-state index in [4.69, 9.17) is 5.73 Å². The van der Waals surface area contributed by atoms with Crippen molar-refractivity contribution in [2.75, 3.05) is 5.73 Å². The molecule has 0 saturated carbocycles. The molecule has 30 heavy (non-hydrogen) atoms. The molecule has 1 aromatic carbocycles. The van der Waals surface area contributed by atoms with Gasteiger partial charge in [0, 0.05) is 37.4 Å². The molecule has 5 aromatic rings. The topological polar surface area (TPSA) is 96.5 Å². The van der Waals surface area contributed by atoms with Gasteiger partial charge in [0.25, 0.3) is 0 Å². The third-order valence-corrected chi connectivity index (χ3v) is 5.57. The number of nitrogens with two attached hydrogens (primary N) is 1. The van der Waals surface area contributed by atoms with E-state index in [1.807, 2.05) is 57.6 Å². The van der Waals surface area contributed by atoms with Crippen LogP contribution in [0.15, 0.2) is 47.7 Å². The van der Waals surface area contributed by atoms with E-state index in [1.54, 1.807) is 27.1 Å². The van der Waals surface area contributed by atoms with Crippen molar-refractivity contribution >= 4 is 27.6 Å². The number of benzene rings is 1. The van der Waals surface area contributed by atoms with Crippen LogP contribution >= 0.6 is 0 Å². The van der Waals surface area contributed by atoms with Gasteiger partial charge in [0.1, 0.15) is 0 Å². The van der Waals surface area contributed by atoms with E-state index >= 15 is 0 Å². The van der Waals surface area contributed by atoms with Crippen molar-refractivity contribution in [3.8, 4) is 16.8 Å². The first-order valence-electron chi connectivity index (χ1n) is 9.58. The van der Waals surface area contributed by atoms with Crippen LogP contribution in [-0.4, -0.2) is 28.9 Å². The normalized spacial score (nSPS) is 11.6. The summed E-state index contributed by atoms with van der Waals surface area (Å²) in [6, 6.07) is 7.91. The van der Waals surface area contributed by atoms with E-state index in [9.17, 15) is 4.79 Å². The predicted octanol–water partition coefficient (Wildman–Crippen LogP) is 2.87. The fourth-order valence-electron chi connectivity index (χ4n) is 3.91. The Balaban J connectivity index is 1.88. The lowest BCUT2D eigenvalue weighted by atomic mass is 10.0. The summed E-state index contributed by atoms with van der Waals surface area (Å²) >= 11 is 0. The Kier molecular flexibility index (Phi) is 3.79. The first-order valence-corrected chi connectivity index (χ1v) is 9.58. The number of rotatable bonds is 2. The number of pyridine rings is 2. The number of fused-ring (bicyclic) bond motifs is 3. The van der Waals surface area contributed by atoms with Gasteiger partial charge in [-0.25, -0.2) is 4.79 Å². The third-order valence-electron chi connectivity index (χ3n) is 5.57. The van der Waals surface area contributed by atoms with Crippen molar-refractivity contribution < 1.29 is 0 Å². The second kappa shape index (κ2) is 6.28. The maximum Gasteiger partial charge on any atom is 0.333 e. The first kappa shape index (κ1) is 18.1. The van der Waals surface area contributed by atoms with Gasteiger partial charge < -0.3 is 5.73 Å². The summed E-state index contributed by atoms with van der Waals surface area (Å²) in [7, 11) is 3.61. The largest absolute Gasteiger partial charge is 0.397 e. The molecule has 0 aliphatic carbocycles. The van der Waals surface area contributed by atoms with E-state index in [-0.39, 0.29) is 5.69 Å². The van der Waals surface area contributed by atoms with Gasteiger partial charge >= 0.3 is 5.69 Å². The average Bonchev–Trinajstić information content (AvgIpc) is 3.19. The average molecular weight is 399 g/mol. The van der Waals surface area contributed by atoms with Gasteiger partial charge in [-0.2, -0.15) is 5.10 Å². The van der Waals surface area contributed by atoms with Gasteiger partial charge in [-0.1, -0.05) is 6.07 Å². The van der Waals surface area contributed by atoms with Crippen LogP contribution in [0.3, 0.4) is 0 Å². The molecule has 8 heteroatoms. The molecular weight excluding hydrogens is 378 g/mol. The van der Waals surface area contributed by atoms with Crippen molar-refractivity contribution in [3.63, 3.8) is 0 Å². The second-order valence-electron chi connectivity index (χ2n) is 7.57. The Morgan fingerprint density at radius 2 is 1.77 bits per heavy atom. The second-order valence-corrected chi connectivity index (χ2v) is 7.57. The van der Waals surface area contributed by atoms with Gasteiger partial charge in [0.15, 0.2) is 0 Å². The van der Waals surface area contributed by atoms with Crippen LogP contribution in [0.5, 0.6) is 0 Å². The Morgan fingerprint density at radius 3 is 2.47 bits per heavy atom. The maximum atomic E-state index is 13.2. The van der Waals surface area contributed by atoms with Crippen molar-refractivity contribution in [1.82, 2.24) is 28.9 Å². The smallest absolute Gasteiger partial charge is 0.333 e. The SMILES string of the molecule is Cc1ncc(-c2ccc3ncc4c(c3c2)n(-c2cn(C)nc2C)c(=O)n4C)cc1N. The minimum absolute atomic E-state index is 0.137. The molecule has 150 valence electrons. The Morgan fingerprint density at radius 1 is 0.967 bits per heavy atom. The molecule has 0 aliphatic heterocycles. The molecule has 0 radical (unpaired) electrons. The van der Waals surface area contributed by atoms with Crippen molar-refractivity contribution in [2.24, 2.45) is 14.1 Å². The van der Waals surface area contributed by atoms with Crippen LogP contribution in [0, 0.1) is 13.8 Å². The van der Waals surface area contributed by atoms with Gasteiger partial charge in [-0.3, -0.25) is 23.8 Å². The number of nitrogen functional groups attached to an aromatic ring is 1. The third kappa shape index (κ3) is 2.53. The number of aromatic nitrogens is 6. The fourth-order valence-corrected chi connectivity index (χ4v) is 3.91. The molecule has 0 bridgehead atoms. The number of imidazole rings is 1. The molecule has 5 rings (SSSR count). The van der Waals surface area contributed by atoms with Crippen LogP contribution in [-0.2, 0) is 14.1 Å². The molecule has 0 amide bonds. The number of nitrogens with zero attached hydrogens (tertiary/aromatic N) is 6. The van der Waals surface area contributed by atoms with Crippen LogP contribution < -0.4 is 11.4 Å². The zero-order valence-electron chi connectivity index (χ0n) is 17.2. The minimum atomic E-state index is -0.137. The zero-order chi connectivity index (χ0) is 21.2. The van der Waals surface area contributed by atoms with Gasteiger partial charge in [-0.05, 0) is 37.6 Å². The maximum absolute atomic E-state index is 13.2. The van der Waals surface area contributed by atoms with E-state index < -0.39 is 0 Å². The Hall–Kier alpha value is -3.94. The van der Waals surface area contributed by atoms with Crippen molar-refractivity contribution in [3.05, 3.63) is 64.7 Å². The van der Waals surface area contributed by atoms with Gasteiger partial charge in [0.2, 0.25) is 0 Å². The number of anilines is 1. The van der Waals surface area contributed by atoms with Crippen molar-refractivity contribution in [1.29, 1.82) is 0 Å². The lowest BCUT2D eigenvalue weighted by Gasteiger charge is -2.08. The lowest BCUT2D eigenvalue weighted by Crippen LogP contribution is -2.21. The van der Waals surface area contributed by atoms with E-state index in [1.165, 1.54) is 0 Å². The summed E-state index contributed by atoms with van der Waals surface area (Å²) in [5.74, 6) is 0. The quantitative estimate of drug-likeness (QED) is 0.492. The summed E-state index contributed by atoms with van der Waals surface area (Å²) in [5, 5.41) is 5.30. The summed E-state index contributed by atoms with van der Waals surface area (Å²) in [5.41, 5.74) is 13.2. The highest BCUT2D eigenvalue weighted by molar-refractivity contribution is 6.04. The highest BCUT2D eigenvalue weighted by Gasteiger charge is 2.19. The molecular formula is C22H21N7O. The molecule has 0 saturated heterocycles. The van der Waals surface area contributed by atoms with Gasteiger partial charge in [-0.15, -0.1) is 0 Å². The molecule has 0 fully saturated rings. The molecule has 0 atom stereocenters. The standard InChI is InChI=1S/C22H21N7O/c1-12-17(23)8-15(9-24-12)14-5-6-18-16(7-14)21-19(10-25-18)28(4)22(30)29(21)20-11-27(3)26-13(20)2/h5-11H,23H2,1-4H3. The molecule has 2 N–H and O–H groups in total. The predicted molar refractivity (Wildman–Crippen MR) is 118 cm³/mol. The number of aryl methyl sites for hydroxylation is 4. The number of hydrogen-bond acceptors (Lipinski definition) is 5. The molecule has 0 unspecified atom stereocenters. The van der Waals surface area contributed by atoms with Crippen LogP contribution in [0.2, 0.25) is 0 Å². The molecule has 0 aliphatic rings. The van der Waals surface area contributed by atoms with E-state index in [0.717, 1.165) is 50.1 Å². The first-order chi connectivity index (χ1) is 14.3. The van der Waals surface area contributed by atoms with Crippen LogP contribution in [0.4, 0.5) is 5.69 Å². The summed E-state index contributed by atoms with van der Waals surface area (Å²) in [4.78, 5) is 22.1. The minimum Gasteiger partial charge on any atom is -0.397 e. The summed E-state index contributed by atoms with van der Waals surface area (Å²) in [6.07, 6.45) is 5.41. The molecule has 4 aromatic heterocycles. The van der Waals surface area contributed by atoms with E-state index in [0.29, 0.717) is 5.69 Å². The molecule has 4 heterocycles. The highest BCUT2D eigenvalue weighted by atomic mass is 16.1. The van der Waals surface area contributed by atoms with Crippen LogP contribution in [0.25, 0.3) is 38.8 Å². The zero-order valence-corrected chi connectivity index (χ0v) is 17.2. The fraction of sp³-hybridized carbons (Fsp3) is 0.182. The molecule has 0 spiro atoms. The van der Waals surface area contributed by atoms with Crippen molar-refractivity contribution in [2.45, 2.75) is 13.8 Å². The summed E-state index contributed by atoms with van der Waals surface area (Å²) < 4.78 is 5.05.